The maximum Gasteiger partial charge on any atom is 0.343 e. The van der Waals surface area contributed by atoms with E-state index in [-0.39, 0.29) is 36.8 Å². The lowest BCUT2D eigenvalue weighted by Gasteiger charge is -2.28. The van der Waals surface area contributed by atoms with Gasteiger partial charge < -0.3 is 20.1 Å². The number of ether oxygens (including phenoxy) is 2. The van der Waals surface area contributed by atoms with Crippen LogP contribution in [-0.2, 0) is 14.3 Å². The summed E-state index contributed by atoms with van der Waals surface area (Å²) in [6.45, 7) is 9.51. The number of nitrogens with two attached hydrogens (primary N) is 1. The first-order chi connectivity index (χ1) is 16.7. The van der Waals surface area contributed by atoms with Crippen LogP contribution in [-0.4, -0.2) is 47.8 Å². The fraction of sp³-hybridized carbons (Fsp3) is 0.259. The van der Waals surface area contributed by atoms with E-state index < -0.39 is 5.97 Å². The van der Waals surface area contributed by atoms with E-state index in [1.165, 1.54) is 0 Å². The van der Waals surface area contributed by atoms with Crippen molar-refractivity contribution in [1.82, 2.24) is 4.90 Å². The highest BCUT2D eigenvalue weighted by Gasteiger charge is 2.23. The first-order valence-corrected chi connectivity index (χ1v) is 11.2. The predicted octanol–water partition coefficient (Wildman–Crippen LogP) is 3.95. The Kier molecular flexibility index (Phi) is 9.96. The SMILES string of the molecule is C=CCN(C(=O)/C(C)=C/c1ccc(C(=O)Oc2ccc(C(=N)N)cc2)cc1)[C@@H](C)CC(=O)OCC. The first-order valence-electron chi connectivity index (χ1n) is 11.2. The quantitative estimate of drug-likeness (QED) is 0.126. The van der Waals surface area contributed by atoms with E-state index >= 15 is 0 Å². The highest BCUT2D eigenvalue weighted by molar-refractivity contribution is 5.98. The molecule has 0 saturated heterocycles. The van der Waals surface area contributed by atoms with Crippen LogP contribution in [0.2, 0.25) is 0 Å². The Balaban J connectivity index is 2.08. The Morgan fingerprint density at radius 3 is 2.23 bits per heavy atom. The molecule has 2 aromatic carbocycles. The molecule has 0 spiro atoms. The highest BCUT2D eigenvalue weighted by Crippen LogP contribution is 2.17. The Morgan fingerprint density at radius 1 is 1.09 bits per heavy atom. The van der Waals surface area contributed by atoms with E-state index in [4.69, 9.17) is 20.6 Å². The smallest absolute Gasteiger partial charge is 0.343 e. The van der Waals surface area contributed by atoms with Crippen molar-refractivity contribution in [2.45, 2.75) is 33.2 Å². The van der Waals surface area contributed by atoms with E-state index in [1.807, 2.05) is 0 Å². The van der Waals surface area contributed by atoms with Crippen molar-refractivity contribution in [3.63, 3.8) is 0 Å². The molecule has 3 N–H and O–H groups in total. The number of esters is 2. The van der Waals surface area contributed by atoms with E-state index in [0.29, 0.717) is 29.0 Å². The van der Waals surface area contributed by atoms with E-state index in [0.717, 1.165) is 5.56 Å². The average Bonchev–Trinajstić information content (AvgIpc) is 2.82. The van der Waals surface area contributed by atoms with Gasteiger partial charge in [-0.2, -0.15) is 0 Å². The van der Waals surface area contributed by atoms with Crippen molar-refractivity contribution in [3.05, 3.63) is 83.4 Å². The Labute approximate surface area is 205 Å². The topological polar surface area (TPSA) is 123 Å². The van der Waals surface area contributed by atoms with Crippen LogP contribution in [0.3, 0.4) is 0 Å². The minimum Gasteiger partial charge on any atom is -0.466 e. The molecule has 8 heteroatoms. The molecule has 0 unspecified atom stereocenters. The lowest BCUT2D eigenvalue weighted by Crippen LogP contribution is -2.40. The van der Waals surface area contributed by atoms with E-state index in [9.17, 15) is 14.4 Å². The second-order valence-corrected chi connectivity index (χ2v) is 7.88. The third-order valence-corrected chi connectivity index (χ3v) is 5.13. The number of hydrogen-bond acceptors (Lipinski definition) is 6. The number of amides is 1. The fourth-order valence-corrected chi connectivity index (χ4v) is 3.30. The zero-order valence-electron chi connectivity index (χ0n) is 20.2. The van der Waals surface area contributed by atoms with Gasteiger partial charge in [0.05, 0.1) is 18.6 Å². The van der Waals surface area contributed by atoms with Crippen LogP contribution in [0.5, 0.6) is 5.75 Å². The molecule has 0 aliphatic rings. The molecule has 0 fully saturated rings. The number of nitrogens with zero attached hydrogens (tertiary/aromatic N) is 1. The molecule has 1 amide bonds. The van der Waals surface area contributed by atoms with Crippen LogP contribution < -0.4 is 10.5 Å². The second-order valence-electron chi connectivity index (χ2n) is 7.88. The minimum atomic E-state index is -0.533. The third kappa shape index (κ3) is 7.96. The summed E-state index contributed by atoms with van der Waals surface area (Å²) in [5.74, 6) is -0.847. The Bertz CT molecular complexity index is 1100. The summed E-state index contributed by atoms with van der Waals surface area (Å²) in [5, 5.41) is 7.40. The monoisotopic (exact) mass is 477 g/mol. The largest absolute Gasteiger partial charge is 0.466 e. The van der Waals surface area contributed by atoms with Crippen LogP contribution in [0, 0.1) is 5.41 Å². The van der Waals surface area contributed by atoms with Gasteiger partial charge in [0.15, 0.2) is 0 Å². The first kappa shape index (κ1) is 27.0. The number of carbonyl (C=O) groups is 3. The van der Waals surface area contributed by atoms with Crippen molar-refractivity contribution in [2.75, 3.05) is 13.2 Å². The van der Waals surface area contributed by atoms with Crippen molar-refractivity contribution < 1.29 is 23.9 Å². The van der Waals surface area contributed by atoms with E-state index in [2.05, 4.69) is 6.58 Å². The van der Waals surface area contributed by atoms with Crippen LogP contribution in [0.4, 0.5) is 0 Å². The minimum absolute atomic E-state index is 0.0682. The molecule has 0 bridgehead atoms. The van der Waals surface area contributed by atoms with Crippen molar-refractivity contribution in [1.29, 1.82) is 5.41 Å². The maximum absolute atomic E-state index is 13.0. The third-order valence-electron chi connectivity index (χ3n) is 5.13. The van der Waals surface area contributed by atoms with E-state index in [1.54, 1.807) is 86.4 Å². The summed E-state index contributed by atoms with van der Waals surface area (Å²) in [5.41, 5.74) is 7.51. The lowest BCUT2D eigenvalue weighted by molar-refractivity contribution is -0.145. The number of hydrogen-bond donors (Lipinski definition) is 2. The van der Waals surface area contributed by atoms with Gasteiger partial charge in [-0.3, -0.25) is 15.0 Å². The summed E-state index contributed by atoms with van der Waals surface area (Å²) in [6, 6.07) is 12.6. The zero-order chi connectivity index (χ0) is 26.0. The second kappa shape index (κ2) is 12.9. The molecule has 0 aliphatic heterocycles. The van der Waals surface area contributed by atoms with Gasteiger partial charge in [-0.1, -0.05) is 18.2 Å². The molecule has 0 radical (unpaired) electrons. The molecule has 0 saturated carbocycles. The van der Waals surface area contributed by atoms with Gasteiger partial charge >= 0.3 is 11.9 Å². The standard InChI is InChI=1S/C27H31N3O5/c1-5-15-30(19(4)17-24(31)34-6-2)26(32)18(3)16-20-7-9-22(10-8-20)27(33)35-23-13-11-21(12-14-23)25(28)29/h5,7-14,16,19H,1,6,15,17H2,2-4H3,(H3,28,29)/b18-16+/t19-/m0/s1. The number of carbonyl (C=O) groups excluding carboxylic acids is 3. The Hall–Kier alpha value is -4.20. The average molecular weight is 478 g/mol. The lowest BCUT2D eigenvalue weighted by atomic mass is 10.1. The summed E-state index contributed by atoms with van der Waals surface area (Å²) < 4.78 is 10.3. The molecule has 0 aliphatic carbocycles. The van der Waals surface area contributed by atoms with Crippen molar-refractivity contribution in [3.8, 4) is 5.75 Å². The molecule has 0 aromatic heterocycles. The number of rotatable bonds is 11. The number of nitrogens with one attached hydrogen (secondary N) is 1. The molecule has 0 heterocycles. The van der Waals surface area contributed by atoms with Crippen molar-refractivity contribution >= 4 is 29.8 Å². The fourth-order valence-electron chi connectivity index (χ4n) is 3.30. The van der Waals surface area contributed by atoms with Gasteiger partial charge in [0.1, 0.15) is 11.6 Å². The maximum atomic E-state index is 13.0. The predicted molar refractivity (Wildman–Crippen MR) is 135 cm³/mol. The molecule has 2 aromatic rings. The molecule has 35 heavy (non-hydrogen) atoms. The van der Waals surface area contributed by atoms with Gasteiger partial charge in [-0.05, 0) is 68.8 Å². The van der Waals surface area contributed by atoms with Crippen LogP contribution in [0.1, 0.15) is 48.7 Å². The number of benzene rings is 2. The molecular formula is C27H31N3O5. The molecule has 8 nitrogen and oxygen atoms in total. The van der Waals surface area contributed by atoms with Crippen LogP contribution in [0.15, 0.2) is 66.8 Å². The van der Waals surface area contributed by atoms with Gasteiger partial charge in [0, 0.05) is 23.7 Å². The number of amidine groups is 1. The summed E-state index contributed by atoms with van der Waals surface area (Å²) in [4.78, 5) is 38.9. The van der Waals surface area contributed by atoms with Crippen LogP contribution >= 0.6 is 0 Å². The van der Waals surface area contributed by atoms with Gasteiger partial charge in [0.25, 0.3) is 0 Å². The highest BCUT2D eigenvalue weighted by atomic mass is 16.5. The van der Waals surface area contributed by atoms with Gasteiger partial charge in [-0.25, -0.2) is 4.79 Å². The summed E-state index contributed by atoms with van der Waals surface area (Å²) in [7, 11) is 0. The van der Waals surface area contributed by atoms with Crippen molar-refractivity contribution in [2.24, 2.45) is 5.73 Å². The normalized spacial score (nSPS) is 11.8. The summed E-state index contributed by atoms with van der Waals surface area (Å²) in [6.07, 6.45) is 3.42. The van der Waals surface area contributed by atoms with Gasteiger partial charge in [0.2, 0.25) is 5.91 Å². The Morgan fingerprint density at radius 2 is 1.69 bits per heavy atom. The molecule has 2 rings (SSSR count). The van der Waals surface area contributed by atoms with Crippen LogP contribution in [0.25, 0.3) is 6.08 Å². The number of nitrogen functional groups attached to an aromatic ring is 1. The molecular weight excluding hydrogens is 446 g/mol. The van der Waals surface area contributed by atoms with Gasteiger partial charge in [-0.15, -0.1) is 6.58 Å². The summed E-state index contributed by atoms with van der Waals surface area (Å²) >= 11 is 0. The molecule has 184 valence electrons. The zero-order valence-corrected chi connectivity index (χ0v) is 20.2. The molecule has 1 atom stereocenters.